The minimum absolute atomic E-state index is 0.193. The zero-order valence-corrected chi connectivity index (χ0v) is 22.3. The van der Waals surface area contributed by atoms with Crippen LogP contribution in [-0.4, -0.2) is 61.6 Å². The maximum Gasteiger partial charge on any atom is 0.321 e. The summed E-state index contributed by atoms with van der Waals surface area (Å²) in [6, 6.07) is 15.5. The van der Waals surface area contributed by atoms with Gasteiger partial charge in [0.2, 0.25) is 6.17 Å². The number of nitrogens with zero attached hydrogens (tertiary/aromatic N) is 3. The summed E-state index contributed by atoms with van der Waals surface area (Å²) < 4.78 is 5.44. The van der Waals surface area contributed by atoms with Crippen molar-refractivity contribution in [2.24, 2.45) is 10.9 Å². The highest BCUT2D eigenvalue weighted by atomic mass is 16.5. The van der Waals surface area contributed by atoms with Crippen molar-refractivity contribution in [3.8, 4) is 0 Å². The highest BCUT2D eigenvalue weighted by Crippen LogP contribution is 2.34. The van der Waals surface area contributed by atoms with Gasteiger partial charge in [-0.15, -0.1) is 0 Å². The van der Waals surface area contributed by atoms with Gasteiger partial charge in [0.05, 0.1) is 24.6 Å². The normalized spacial score (nSPS) is 20.9. The lowest BCUT2D eigenvalue weighted by Crippen LogP contribution is -2.49. The number of fused-ring (bicyclic) bond motifs is 1. The second kappa shape index (κ2) is 12.5. The molecule has 5 rings (SSSR count). The van der Waals surface area contributed by atoms with Crippen molar-refractivity contribution in [1.82, 2.24) is 10.2 Å². The molecule has 2 heterocycles. The first-order chi connectivity index (χ1) is 18.6. The number of carbonyl (C=O) groups is 2. The summed E-state index contributed by atoms with van der Waals surface area (Å²) in [4.78, 5) is 36.0. The van der Waals surface area contributed by atoms with Crippen molar-refractivity contribution < 1.29 is 14.3 Å². The SMILES string of the molecule is CCCN1C(=O)C(NC(=O)Nc2cccc(CN3CCOCC3)c2)N=C(C2CCCCC2)c2ccccc21. The summed E-state index contributed by atoms with van der Waals surface area (Å²) in [7, 11) is 0. The molecule has 2 aliphatic heterocycles. The van der Waals surface area contributed by atoms with Gasteiger partial charge in [-0.3, -0.25) is 14.7 Å². The summed E-state index contributed by atoms with van der Waals surface area (Å²) in [5.74, 6) is 0.102. The van der Waals surface area contributed by atoms with E-state index in [4.69, 9.17) is 9.73 Å². The number of amides is 3. The Morgan fingerprint density at radius 2 is 1.84 bits per heavy atom. The Labute approximate surface area is 225 Å². The van der Waals surface area contributed by atoms with Gasteiger partial charge in [0.25, 0.3) is 5.91 Å². The number of hydrogen-bond acceptors (Lipinski definition) is 5. The third-order valence-electron chi connectivity index (χ3n) is 7.64. The molecular weight excluding hydrogens is 478 g/mol. The highest BCUT2D eigenvalue weighted by molar-refractivity contribution is 6.14. The van der Waals surface area contributed by atoms with Gasteiger partial charge in [-0.1, -0.05) is 56.5 Å². The number of urea groups is 1. The molecule has 202 valence electrons. The summed E-state index contributed by atoms with van der Waals surface area (Å²) in [5, 5.41) is 5.83. The lowest BCUT2D eigenvalue weighted by molar-refractivity contribution is -0.120. The molecule has 0 spiro atoms. The predicted octanol–water partition coefficient (Wildman–Crippen LogP) is 4.79. The number of nitrogens with one attached hydrogen (secondary N) is 2. The summed E-state index contributed by atoms with van der Waals surface area (Å²) >= 11 is 0. The van der Waals surface area contributed by atoms with E-state index in [0.717, 1.165) is 87.5 Å². The molecule has 2 aromatic carbocycles. The van der Waals surface area contributed by atoms with Crippen LogP contribution in [0.5, 0.6) is 0 Å². The van der Waals surface area contributed by atoms with E-state index in [1.54, 1.807) is 4.90 Å². The average Bonchev–Trinajstić information content (AvgIpc) is 3.05. The number of ether oxygens (including phenoxy) is 1. The van der Waals surface area contributed by atoms with Crippen molar-refractivity contribution in [3.05, 3.63) is 59.7 Å². The number of rotatable bonds is 7. The van der Waals surface area contributed by atoms with Crippen molar-refractivity contribution >= 4 is 29.0 Å². The molecule has 0 radical (unpaired) electrons. The first-order valence-electron chi connectivity index (χ1n) is 14.1. The van der Waals surface area contributed by atoms with Crippen LogP contribution in [0.2, 0.25) is 0 Å². The third-order valence-corrected chi connectivity index (χ3v) is 7.64. The van der Waals surface area contributed by atoms with Crippen LogP contribution in [0.25, 0.3) is 0 Å². The Bertz CT molecular complexity index is 1150. The van der Waals surface area contributed by atoms with Crippen molar-refractivity contribution in [2.45, 2.75) is 58.2 Å². The molecular formula is C30H39N5O3. The predicted molar refractivity (Wildman–Crippen MR) is 151 cm³/mol. The molecule has 38 heavy (non-hydrogen) atoms. The molecule has 1 unspecified atom stereocenters. The molecule has 3 amide bonds. The number of hydrogen-bond donors (Lipinski definition) is 2. The lowest BCUT2D eigenvalue weighted by Gasteiger charge is -2.26. The topological polar surface area (TPSA) is 86.3 Å². The minimum atomic E-state index is -0.970. The number of carbonyl (C=O) groups excluding carboxylic acids is 2. The van der Waals surface area contributed by atoms with Crippen LogP contribution in [0.4, 0.5) is 16.2 Å². The van der Waals surface area contributed by atoms with Gasteiger partial charge in [-0.2, -0.15) is 0 Å². The maximum absolute atomic E-state index is 13.8. The van der Waals surface area contributed by atoms with Gasteiger partial charge in [0.15, 0.2) is 0 Å². The van der Waals surface area contributed by atoms with Crippen LogP contribution in [0.15, 0.2) is 53.5 Å². The van der Waals surface area contributed by atoms with Gasteiger partial charge in [0, 0.05) is 43.3 Å². The highest BCUT2D eigenvalue weighted by Gasteiger charge is 2.34. The fourth-order valence-corrected chi connectivity index (χ4v) is 5.76. The second-order valence-electron chi connectivity index (χ2n) is 10.4. The Hall–Kier alpha value is -3.23. The molecule has 1 aliphatic carbocycles. The van der Waals surface area contributed by atoms with Crippen molar-refractivity contribution in [2.75, 3.05) is 43.1 Å². The minimum Gasteiger partial charge on any atom is -0.379 e. The van der Waals surface area contributed by atoms with E-state index < -0.39 is 12.2 Å². The monoisotopic (exact) mass is 517 g/mol. The number of benzene rings is 2. The van der Waals surface area contributed by atoms with Crippen molar-refractivity contribution in [1.29, 1.82) is 0 Å². The fourth-order valence-electron chi connectivity index (χ4n) is 5.76. The van der Waals surface area contributed by atoms with E-state index in [2.05, 4.69) is 34.6 Å². The Balaban J connectivity index is 1.35. The van der Waals surface area contributed by atoms with Crippen LogP contribution in [0, 0.1) is 5.92 Å². The molecule has 3 aliphatic rings. The van der Waals surface area contributed by atoms with Gasteiger partial charge in [-0.25, -0.2) is 4.79 Å². The number of morpholine rings is 1. The third kappa shape index (κ3) is 6.25. The van der Waals surface area contributed by atoms with E-state index >= 15 is 0 Å². The smallest absolute Gasteiger partial charge is 0.321 e. The molecule has 8 nitrogen and oxygen atoms in total. The zero-order valence-electron chi connectivity index (χ0n) is 22.3. The number of benzodiazepines with no additional fused rings is 1. The van der Waals surface area contributed by atoms with Gasteiger partial charge >= 0.3 is 6.03 Å². The molecule has 0 bridgehead atoms. The van der Waals surface area contributed by atoms with E-state index in [9.17, 15) is 9.59 Å². The first kappa shape index (κ1) is 26.4. The molecule has 1 saturated carbocycles. The first-order valence-corrected chi connectivity index (χ1v) is 14.1. The maximum atomic E-state index is 13.8. The molecule has 2 N–H and O–H groups in total. The van der Waals surface area contributed by atoms with Crippen molar-refractivity contribution in [3.63, 3.8) is 0 Å². The van der Waals surface area contributed by atoms with Crippen LogP contribution in [0.3, 0.4) is 0 Å². The van der Waals surface area contributed by atoms with Gasteiger partial charge in [-0.05, 0) is 43.0 Å². The van der Waals surface area contributed by atoms with Gasteiger partial charge < -0.3 is 20.3 Å². The Kier molecular flexibility index (Phi) is 8.71. The zero-order chi connectivity index (χ0) is 26.3. The average molecular weight is 518 g/mol. The molecule has 1 saturated heterocycles. The Morgan fingerprint density at radius 1 is 1.05 bits per heavy atom. The number of anilines is 2. The van der Waals surface area contributed by atoms with Crippen LogP contribution in [0.1, 0.15) is 56.6 Å². The molecule has 0 aromatic heterocycles. The van der Waals surface area contributed by atoms with Crippen LogP contribution < -0.4 is 15.5 Å². The van der Waals surface area contributed by atoms with Crippen LogP contribution >= 0.6 is 0 Å². The molecule has 2 fully saturated rings. The molecule has 8 heteroatoms. The number of aliphatic imine (C=N–C) groups is 1. The summed E-state index contributed by atoms with van der Waals surface area (Å²) in [5.41, 5.74) is 4.67. The fraction of sp³-hybridized carbons (Fsp3) is 0.500. The number of para-hydroxylation sites is 1. The largest absolute Gasteiger partial charge is 0.379 e. The van der Waals surface area contributed by atoms with E-state index in [1.807, 2.05) is 36.4 Å². The summed E-state index contributed by atoms with van der Waals surface area (Å²) in [6.45, 7) is 6.74. The quantitative estimate of drug-likeness (QED) is 0.553. The standard InChI is InChI=1S/C30H39N5O3/c1-2-15-35-26-14-7-6-13-25(26)27(23-10-4-3-5-11-23)32-28(29(35)36)33-30(37)31-24-12-8-9-22(20-24)21-34-16-18-38-19-17-34/h6-9,12-14,20,23,28H,2-5,10-11,15-19,21H2,1H3,(H2,31,33,37). The van der Waals surface area contributed by atoms with E-state index in [-0.39, 0.29) is 5.91 Å². The van der Waals surface area contributed by atoms with E-state index in [1.165, 1.54) is 6.42 Å². The molecule has 2 aromatic rings. The Morgan fingerprint density at radius 3 is 2.63 bits per heavy atom. The van der Waals surface area contributed by atoms with E-state index in [0.29, 0.717) is 18.2 Å². The van der Waals surface area contributed by atoms with Gasteiger partial charge in [0.1, 0.15) is 0 Å². The lowest BCUT2D eigenvalue weighted by atomic mass is 9.83. The van der Waals surface area contributed by atoms with Crippen LogP contribution in [-0.2, 0) is 16.1 Å². The second-order valence-corrected chi connectivity index (χ2v) is 10.4. The summed E-state index contributed by atoms with van der Waals surface area (Å²) in [6.07, 6.45) is 5.53. The molecule has 1 atom stereocenters.